The lowest BCUT2D eigenvalue weighted by atomic mass is 9.99. The van der Waals surface area contributed by atoms with E-state index in [4.69, 9.17) is 8.83 Å². The number of imidazole rings is 2. The molecule has 0 radical (unpaired) electrons. The third-order valence-corrected chi connectivity index (χ3v) is 16.6. The van der Waals surface area contributed by atoms with E-state index in [9.17, 15) is 44.8 Å². The number of amides is 4. The molecule has 7 heterocycles. The van der Waals surface area contributed by atoms with E-state index in [-0.39, 0.29) is 40.4 Å². The summed E-state index contributed by atoms with van der Waals surface area (Å²) in [5.41, 5.74) is 6.93. The fourth-order valence-corrected chi connectivity index (χ4v) is 10.4. The van der Waals surface area contributed by atoms with Gasteiger partial charge in [0.15, 0.2) is 0 Å². The average Bonchev–Trinajstić information content (AvgIpc) is 4.36. The Morgan fingerprint density at radius 1 is 0.633 bits per heavy atom. The van der Waals surface area contributed by atoms with Crippen molar-refractivity contribution in [2.24, 2.45) is 0 Å². The Balaban J connectivity index is 0.000000168. The summed E-state index contributed by atoms with van der Waals surface area (Å²) in [6.45, 7) is 0. The molecule has 4 amide bonds. The molecule has 25 heteroatoms. The summed E-state index contributed by atoms with van der Waals surface area (Å²) in [6.07, 6.45) is 11.7. The summed E-state index contributed by atoms with van der Waals surface area (Å²) in [6, 6.07) is 25.2. The lowest BCUT2D eigenvalue weighted by Gasteiger charge is -2.21. The van der Waals surface area contributed by atoms with Crippen molar-refractivity contribution < 1.29 is 53.6 Å². The molecule has 0 atom stereocenters. The molecule has 4 aromatic carbocycles. The molecule has 0 unspecified atom stereocenters. The minimum absolute atomic E-state index is 0.144. The highest BCUT2D eigenvalue weighted by Gasteiger charge is 2.29. The molecule has 0 aliphatic carbocycles. The number of aromatic nitrogens is 4. The molecule has 0 spiro atoms. The number of carbonyl (C=O) groups is 4. The molecule has 406 valence electrons. The number of imide groups is 1. The van der Waals surface area contributed by atoms with Gasteiger partial charge in [0, 0.05) is 122 Å². The van der Waals surface area contributed by atoms with Crippen LogP contribution < -0.4 is 19.2 Å². The zero-order valence-corrected chi connectivity index (χ0v) is 47.4. The van der Waals surface area contributed by atoms with Gasteiger partial charge in [0.2, 0.25) is 31.9 Å². The standard InChI is InChI=1S/C25H20BrFN4O4S.C25H21FN4O4S.C4H4BrNO2/c1-28-25(32)23-18-10-17(15-6-9-22-29-12-21(26)31(22)13-15)19(30(2)36(3,33)34)11-20(18)35-24(23)14-4-7-16(27)8-5-14;1-27-25(31)23-19-12-18(16-6-9-22-28-10-11-30(22)14-16)20(29(2)35(3,32)33)13-21(19)34-24(23)15-4-7-17(26)8-5-15;5-6-3(7)1-2-4(6)8/h4-13H,1-3H3,(H,28,32);4-14H,1-3H3,(H,27,31);1-2H2. The Kier molecular flexibility index (Phi) is 15.4. The fraction of sp³-hybridized carbons (Fsp3) is 0.148. The second-order valence-electron chi connectivity index (χ2n) is 17.9. The van der Waals surface area contributed by atoms with Crippen molar-refractivity contribution in [2.45, 2.75) is 12.8 Å². The Labute approximate surface area is 467 Å². The zero-order chi connectivity index (χ0) is 56.8. The van der Waals surface area contributed by atoms with E-state index in [0.717, 1.165) is 36.6 Å². The molecule has 1 aliphatic rings. The van der Waals surface area contributed by atoms with Gasteiger partial charge in [-0.3, -0.25) is 32.2 Å². The van der Waals surface area contributed by atoms with Gasteiger partial charge in [-0.25, -0.2) is 39.5 Å². The number of pyridine rings is 2. The average molecular weight is 1240 g/mol. The van der Waals surface area contributed by atoms with Crippen molar-refractivity contribution in [1.82, 2.24) is 33.3 Å². The SMILES string of the molecule is CNC(=O)c1c(-c2ccc(F)cc2)oc2cc(N(C)S(C)(=O)=O)c(-c3ccc4ncc(Br)n4c3)cc12.CNC(=O)c1c(-c2ccc(F)cc2)oc2cc(N(C)S(C)(=O)=O)c(-c3ccc4nccn4c3)cc12.O=C1CCC(=O)N1Br. The summed E-state index contributed by atoms with van der Waals surface area (Å²) in [4.78, 5) is 55.4. The van der Waals surface area contributed by atoms with Crippen molar-refractivity contribution >= 4 is 120 Å². The number of nitrogens with zero attached hydrogens (tertiary/aromatic N) is 7. The predicted molar refractivity (Wildman–Crippen MR) is 303 cm³/mol. The van der Waals surface area contributed by atoms with E-state index >= 15 is 0 Å². The van der Waals surface area contributed by atoms with Crippen molar-refractivity contribution in [2.75, 3.05) is 49.3 Å². The number of hydrogen-bond donors (Lipinski definition) is 2. The summed E-state index contributed by atoms with van der Waals surface area (Å²) >= 11 is 6.27. The fourth-order valence-electron chi connectivity index (χ4n) is 8.65. The normalized spacial score (nSPS) is 12.7. The lowest BCUT2D eigenvalue weighted by molar-refractivity contribution is -0.131. The molecule has 79 heavy (non-hydrogen) atoms. The van der Waals surface area contributed by atoms with Crippen molar-refractivity contribution in [3.05, 3.63) is 155 Å². The maximum absolute atomic E-state index is 13.6. The van der Waals surface area contributed by atoms with Crippen molar-refractivity contribution in [3.8, 4) is 44.9 Å². The van der Waals surface area contributed by atoms with Crippen LogP contribution >= 0.6 is 32.1 Å². The summed E-state index contributed by atoms with van der Waals surface area (Å²) in [5, 5.41) is 6.24. The smallest absolute Gasteiger partial charge is 0.255 e. The monoisotopic (exact) mass is 1240 g/mol. The van der Waals surface area contributed by atoms with E-state index in [1.165, 1.54) is 81.0 Å². The molecular weight excluding hydrogens is 1200 g/mol. The quantitative estimate of drug-likeness (QED) is 0.0963. The number of hydrogen-bond acceptors (Lipinski definition) is 12. The van der Waals surface area contributed by atoms with Crippen LogP contribution in [0.3, 0.4) is 0 Å². The number of furan rings is 2. The molecule has 1 fully saturated rings. The van der Waals surface area contributed by atoms with Gasteiger partial charge >= 0.3 is 0 Å². The van der Waals surface area contributed by atoms with Gasteiger partial charge in [0.1, 0.15) is 50.2 Å². The van der Waals surface area contributed by atoms with Crippen LogP contribution in [0.2, 0.25) is 0 Å². The molecule has 0 saturated carbocycles. The Morgan fingerprint density at radius 2 is 1.06 bits per heavy atom. The summed E-state index contributed by atoms with van der Waals surface area (Å²) in [5.74, 6) is -1.39. The minimum Gasteiger partial charge on any atom is -0.455 e. The molecule has 1 aliphatic heterocycles. The number of halogens is 4. The van der Waals surface area contributed by atoms with Gasteiger partial charge in [-0.2, -0.15) is 0 Å². The van der Waals surface area contributed by atoms with E-state index in [1.807, 2.05) is 45.5 Å². The van der Waals surface area contributed by atoms with Crippen molar-refractivity contribution in [1.29, 1.82) is 0 Å². The zero-order valence-electron chi connectivity index (χ0n) is 42.6. The molecule has 0 bridgehead atoms. The third kappa shape index (κ3) is 11.1. The van der Waals surface area contributed by atoms with Gasteiger partial charge in [-0.15, -0.1) is 0 Å². The van der Waals surface area contributed by atoms with Crippen LogP contribution in [0, 0.1) is 11.6 Å². The largest absolute Gasteiger partial charge is 0.455 e. The molecule has 11 rings (SSSR count). The first-order valence-corrected chi connectivity index (χ1v) is 28.8. The number of sulfonamides is 2. The number of carbonyl (C=O) groups excluding carboxylic acids is 4. The van der Waals surface area contributed by atoms with Gasteiger partial charge in [0.05, 0.1) is 57.4 Å². The molecular formula is C54H45Br2F2N9O10S2. The van der Waals surface area contributed by atoms with Crippen LogP contribution in [-0.4, -0.2) is 104 Å². The number of anilines is 2. The maximum Gasteiger partial charge on any atom is 0.255 e. The number of benzene rings is 4. The minimum atomic E-state index is -3.63. The van der Waals surface area contributed by atoms with Gasteiger partial charge < -0.3 is 23.9 Å². The molecule has 19 nitrogen and oxygen atoms in total. The van der Waals surface area contributed by atoms with E-state index in [0.29, 0.717) is 79.6 Å². The maximum atomic E-state index is 13.6. The number of rotatable bonds is 10. The second-order valence-corrected chi connectivity index (χ2v) is 23.4. The number of nitrogens with one attached hydrogen (secondary N) is 2. The molecule has 1 saturated heterocycles. The lowest BCUT2D eigenvalue weighted by Crippen LogP contribution is -2.25. The van der Waals surface area contributed by atoms with Crippen LogP contribution in [0.25, 0.3) is 78.1 Å². The Hall–Kier alpha value is -8.26. The van der Waals surface area contributed by atoms with Crippen LogP contribution in [0.1, 0.15) is 33.6 Å². The van der Waals surface area contributed by atoms with Crippen LogP contribution in [0.5, 0.6) is 0 Å². The van der Waals surface area contributed by atoms with Crippen LogP contribution in [0.4, 0.5) is 20.2 Å². The van der Waals surface area contributed by atoms with Gasteiger partial charge in [0.25, 0.3) is 11.8 Å². The predicted octanol–water partition coefficient (Wildman–Crippen LogP) is 9.83. The highest BCUT2D eigenvalue weighted by Crippen LogP contribution is 2.43. The first-order valence-electron chi connectivity index (χ1n) is 23.6. The number of fused-ring (bicyclic) bond motifs is 4. The Morgan fingerprint density at radius 3 is 1.48 bits per heavy atom. The van der Waals surface area contributed by atoms with Gasteiger partial charge in [-0.1, -0.05) is 0 Å². The molecule has 2 N–H and O–H groups in total. The Bertz CT molecular complexity index is 4300. The highest BCUT2D eigenvalue weighted by molar-refractivity contribution is 9.10. The van der Waals surface area contributed by atoms with Crippen LogP contribution in [-0.2, 0) is 29.6 Å². The third-order valence-electron chi connectivity index (χ3n) is 12.9. The van der Waals surface area contributed by atoms with Crippen molar-refractivity contribution in [3.63, 3.8) is 0 Å². The summed E-state index contributed by atoms with van der Waals surface area (Å²) < 4.78 is 97.0. The summed E-state index contributed by atoms with van der Waals surface area (Å²) in [7, 11) is -1.32. The van der Waals surface area contributed by atoms with E-state index < -0.39 is 37.6 Å². The first-order chi connectivity index (χ1) is 37.5. The first kappa shape index (κ1) is 55.5. The molecule has 10 aromatic rings. The second kappa shape index (κ2) is 21.9. The van der Waals surface area contributed by atoms with Crippen LogP contribution in [0.15, 0.2) is 141 Å². The van der Waals surface area contributed by atoms with E-state index in [1.54, 1.807) is 42.9 Å². The van der Waals surface area contributed by atoms with E-state index in [2.05, 4.69) is 52.7 Å². The highest BCUT2D eigenvalue weighted by atomic mass is 79.9. The van der Waals surface area contributed by atoms with Gasteiger partial charge in [-0.05, 0) is 101 Å². The topological polar surface area (TPSA) is 231 Å². The molecule has 6 aromatic heterocycles.